The summed E-state index contributed by atoms with van der Waals surface area (Å²) in [6.45, 7) is 0. The van der Waals surface area contributed by atoms with Gasteiger partial charge >= 0.3 is 6.09 Å². The lowest BCUT2D eigenvalue weighted by atomic mass is 10.3. The number of para-hydroxylation sites is 1. The van der Waals surface area contributed by atoms with Gasteiger partial charge in [-0.1, -0.05) is 29.8 Å². The molecular weight excluding hydrogens is 326 g/mol. The summed E-state index contributed by atoms with van der Waals surface area (Å²) in [5, 5.41) is 6.35. The van der Waals surface area contributed by atoms with Gasteiger partial charge in [-0.3, -0.25) is 5.32 Å². The van der Waals surface area contributed by atoms with Crippen LogP contribution in [0, 0.1) is 0 Å². The predicted octanol–water partition coefficient (Wildman–Crippen LogP) is 5.09. The Bertz CT molecular complexity index is 806. The Hall–Kier alpha value is -3.05. The van der Waals surface area contributed by atoms with Crippen molar-refractivity contribution in [3.05, 3.63) is 77.9 Å². The van der Waals surface area contributed by atoms with Crippen LogP contribution in [0.2, 0.25) is 5.02 Å². The number of amides is 1. The average Bonchev–Trinajstić information content (AvgIpc) is 2.60. The summed E-state index contributed by atoms with van der Waals surface area (Å²) in [6, 6.07) is 19.7. The van der Waals surface area contributed by atoms with E-state index in [2.05, 4.69) is 15.6 Å². The number of anilines is 3. The van der Waals surface area contributed by atoms with Crippen molar-refractivity contribution >= 4 is 34.9 Å². The highest BCUT2D eigenvalue weighted by Gasteiger charge is 2.05. The first-order valence-corrected chi connectivity index (χ1v) is 7.59. The van der Waals surface area contributed by atoms with Crippen LogP contribution in [0.1, 0.15) is 0 Å². The Morgan fingerprint density at radius 1 is 0.917 bits per heavy atom. The van der Waals surface area contributed by atoms with Crippen molar-refractivity contribution in [2.75, 3.05) is 10.6 Å². The molecule has 0 unspecified atom stereocenters. The van der Waals surface area contributed by atoms with Crippen LogP contribution in [0.3, 0.4) is 0 Å². The highest BCUT2D eigenvalue weighted by molar-refractivity contribution is 6.30. The third-order valence-corrected chi connectivity index (χ3v) is 3.33. The van der Waals surface area contributed by atoms with E-state index < -0.39 is 6.09 Å². The highest BCUT2D eigenvalue weighted by Crippen LogP contribution is 2.18. The van der Waals surface area contributed by atoms with Gasteiger partial charge in [-0.25, -0.2) is 9.78 Å². The molecule has 0 aliphatic rings. The molecule has 1 heterocycles. The summed E-state index contributed by atoms with van der Waals surface area (Å²) in [4.78, 5) is 16.1. The van der Waals surface area contributed by atoms with Crippen LogP contribution in [0.25, 0.3) is 0 Å². The maximum absolute atomic E-state index is 11.8. The number of hydrogen-bond donors (Lipinski definition) is 2. The summed E-state index contributed by atoms with van der Waals surface area (Å²) in [5.41, 5.74) is 1.47. The molecule has 0 spiro atoms. The molecule has 0 radical (unpaired) electrons. The molecule has 1 amide bonds. The summed E-state index contributed by atoms with van der Waals surface area (Å²) >= 11 is 5.78. The summed E-state index contributed by atoms with van der Waals surface area (Å²) < 4.78 is 5.15. The quantitative estimate of drug-likeness (QED) is 0.695. The van der Waals surface area contributed by atoms with E-state index >= 15 is 0 Å². The normalized spacial score (nSPS) is 10.0. The smallest absolute Gasteiger partial charge is 0.410 e. The van der Waals surface area contributed by atoms with E-state index in [9.17, 15) is 4.79 Å². The van der Waals surface area contributed by atoms with Gasteiger partial charge in [-0.15, -0.1) is 0 Å². The van der Waals surface area contributed by atoms with E-state index in [1.807, 2.05) is 30.3 Å². The molecule has 3 aromatic rings. The summed E-state index contributed by atoms with van der Waals surface area (Å²) in [5.74, 6) is 1.09. The van der Waals surface area contributed by atoms with E-state index in [-0.39, 0.29) is 0 Å². The molecule has 0 saturated carbocycles. The molecule has 120 valence electrons. The number of hydrogen-bond acceptors (Lipinski definition) is 4. The molecule has 5 nitrogen and oxygen atoms in total. The first kappa shape index (κ1) is 15.8. The van der Waals surface area contributed by atoms with Crippen LogP contribution < -0.4 is 15.4 Å². The second-order valence-corrected chi connectivity index (χ2v) is 5.33. The van der Waals surface area contributed by atoms with Gasteiger partial charge in [0.2, 0.25) is 0 Å². The fourth-order valence-electron chi connectivity index (χ4n) is 1.96. The molecule has 0 aliphatic heterocycles. The standard InChI is InChI=1S/C18H14ClN3O2/c19-13-6-9-16(10-7-13)24-18(23)22-15-8-11-17(20-12-15)21-14-4-2-1-3-5-14/h1-12H,(H,20,21)(H,22,23). The first-order chi connectivity index (χ1) is 11.7. The fourth-order valence-corrected chi connectivity index (χ4v) is 2.09. The third-order valence-electron chi connectivity index (χ3n) is 3.08. The van der Waals surface area contributed by atoms with Crippen molar-refractivity contribution in [2.24, 2.45) is 0 Å². The van der Waals surface area contributed by atoms with Crippen molar-refractivity contribution in [1.29, 1.82) is 0 Å². The average molecular weight is 340 g/mol. The minimum atomic E-state index is -0.595. The zero-order valence-corrected chi connectivity index (χ0v) is 13.3. The van der Waals surface area contributed by atoms with Crippen LogP contribution in [0.4, 0.5) is 22.0 Å². The van der Waals surface area contributed by atoms with Gasteiger partial charge in [-0.05, 0) is 48.5 Å². The predicted molar refractivity (Wildman–Crippen MR) is 95.1 cm³/mol. The van der Waals surface area contributed by atoms with Crippen molar-refractivity contribution in [2.45, 2.75) is 0 Å². The molecule has 0 saturated heterocycles. The number of nitrogens with one attached hydrogen (secondary N) is 2. The first-order valence-electron chi connectivity index (χ1n) is 7.21. The van der Waals surface area contributed by atoms with Gasteiger partial charge in [0.1, 0.15) is 11.6 Å². The second-order valence-electron chi connectivity index (χ2n) is 4.89. The van der Waals surface area contributed by atoms with Crippen LogP contribution in [0.5, 0.6) is 5.75 Å². The number of carbonyl (C=O) groups is 1. The lowest BCUT2D eigenvalue weighted by Crippen LogP contribution is -2.16. The summed E-state index contributed by atoms with van der Waals surface area (Å²) in [6.07, 6.45) is 0.955. The van der Waals surface area contributed by atoms with Crippen LogP contribution in [0.15, 0.2) is 72.9 Å². The Morgan fingerprint density at radius 2 is 1.67 bits per heavy atom. The minimum Gasteiger partial charge on any atom is -0.410 e. The SMILES string of the molecule is O=C(Nc1ccc(Nc2ccccc2)nc1)Oc1ccc(Cl)cc1. The lowest BCUT2D eigenvalue weighted by Gasteiger charge is -2.08. The molecule has 2 aromatic carbocycles. The van der Waals surface area contributed by atoms with Crippen molar-refractivity contribution in [1.82, 2.24) is 4.98 Å². The Morgan fingerprint density at radius 3 is 2.33 bits per heavy atom. The number of carbonyl (C=O) groups excluding carboxylic acids is 1. The number of aromatic nitrogens is 1. The van der Waals surface area contributed by atoms with Gasteiger partial charge in [-0.2, -0.15) is 0 Å². The molecular formula is C18H14ClN3O2. The number of rotatable bonds is 4. The maximum atomic E-state index is 11.8. The molecule has 3 rings (SSSR count). The van der Waals surface area contributed by atoms with Crippen LogP contribution >= 0.6 is 11.6 Å². The van der Waals surface area contributed by atoms with E-state index in [0.29, 0.717) is 22.3 Å². The summed E-state index contributed by atoms with van der Waals surface area (Å²) in [7, 11) is 0. The number of halogens is 1. The number of ether oxygens (including phenoxy) is 1. The van der Waals surface area contributed by atoms with Gasteiger partial charge in [0, 0.05) is 10.7 Å². The van der Waals surface area contributed by atoms with Crippen LogP contribution in [-0.2, 0) is 0 Å². The van der Waals surface area contributed by atoms with Gasteiger partial charge in [0.05, 0.1) is 11.9 Å². The monoisotopic (exact) mass is 339 g/mol. The van der Waals surface area contributed by atoms with Crippen LogP contribution in [-0.4, -0.2) is 11.1 Å². The number of pyridine rings is 1. The number of benzene rings is 2. The Kier molecular flexibility index (Phi) is 4.93. The van der Waals surface area contributed by atoms with E-state index in [4.69, 9.17) is 16.3 Å². The molecule has 6 heteroatoms. The van der Waals surface area contributed by atoms with E-state index in [1.54, 1.807) is 42.6 Å². The molecule has 0 atom stereocenters. The maximum Gasteiger partial charge on any atom is 0.417 e. The van der Waals surface area contributed by atoms with Crippen molar-refractivity contribution in [3.8, 4) is 5.75 Å². The molecule has 0 bridgehead atoms. The minimum absolute atomic E-state index is 0.409. The van der Waals surface area contributed by atoms with Crippen molar-refractivity contribution < 1.29 is 9.53 Å². The van der Waals surface area contributed by atoms with Gasteiger partial charge < -0.3 is 10.1 Å². The molecule has 0 aliphatic carbocycles. The fraction of sp³-hybridized carbons (Fsp3) is 0. The molecule has 2 N–H and O–H groups in total. The van der Waals surface area contributed by atoms with Gasteiger partial charge in [0.25, 0.3) is 0 Å². The topological polar surface area (TPSA) is 63.2 Å². The van der Waals surface area contributed by atoms with E-state index in [1.165, 1.54) is 0 Å². The number of nitrogens with zero attached hydrogens (tertiary/aromatic N) is 1. The second kappa shape index (κ2) is 7.48. The van der Waals surface area contributed by atoms with Crippen molar-refractivity contribution in [3.63, 3.8) is 0 Å². The molecule has 24 heavy (non-hydrogen) atoms. The molecule has 0 fully saturated rings. The van der Waals surface area contributed by atoms with Gasteiger partial charge in [0.15, 0.2) is 0 Å². The third kappa shape index (κ3) is 4.47. The zero-order chi connectivity index (χ0) is 16.8. The molecule has 1 aromatic heterocycles. The lowest BCUT2D eigenvalue weighted by molar-refractivity contribution is 0.215. The van der Waals surface area contributed by atoms with E-state index in [0.717, 1.165) is 5.69 Å². The zero-order valence-electron chi connectivity index (χ0n) is 12.6. The highest BCUT2D eigenvalue weighted by atomic mass is 35.5. The Labute approximate surface area is 144 Å². The Balaban J connectivity index is 1.57. The largest absolute Gasteiger partial charge is 0.417 e.